The lowest BCUT2D eigenvalue weighted by Gasteiger charge is -2.14. The van der Waals surface area contributed by atoms with Crippen LogP contribution in [0.15, 0.2) is 18.2 Å². The van der Waals surface area contributed by atoms with Crippen LogP contribution >= 0.6 is 23.2 Å². The fourth-order valence-electron chi connectivity index (χ4n) is 1.62. The Hall–Kier alpha value is -0.930. The van der Waals surface area contributed by atoms with Crippen molar-refractivity contribution < 1.29 is 9.53 Å². The Kier molecular flexibility index (Phi) is 3.26. The third kappa shape index (κ3) is 2.25. The second-order valence-corrected chi connectivity index (χ2v) is 4.57. The Morgan fingerprint density at radius 2 is 2.19 bits per heavy atom. The summed E-state index contributed by atoms with van der Waals surface area (Å²) in [5, 5.41) is 1.00. The quantitative estimate of drug-likeness (QED) is 0.818. The Morgan fingerprint density at radius 3 is 2.81 bits per heavy atom. The third-order valence-electron chi connectivity index (χ3n) is 2.54. The molecule has 1 saturated heterocycles. The van der Waals surface area contributed by atoms with Crippen LogP contribution in [-0.4, -0.2) is 30.5 Å². The minimum absolute atomic E-state index is 0.0176. The van der Waals surface area contributed by atoms with Gasteiger partial charge < -0.3 is 9.64 Å². The number of ether oxygens (including phenoxy) is 1. The number of hydrogen-bond acceptors (Lipinski definition) is 2. The molecule has 2 rings (SSSR count). The number of carbonyl (C=O) groups excluding carboxylic acids is 1. The van der Waals surface area contributed by atoms with Gasteiger partial charge in [0.05, 0.1) is 5.02 Å². The van der Waals surface area contributed by atoms with E-state index in [4.69, 9.17) is 27.9 Å². The summed E-state index contributed by atoms with van der Waals surface area (Å²) in [7, 11) is 1.76. The summed E-state index contributed by atoms with van der Waals surface area (Å²) in [4.78, 5) is 13.3. The normalized spacial score (nSPS) is 20.3. The predicted octanol–water partition coefficient (Wildman–Crippen LogP) is 2.60. The molecule has 1 unspecified atom stereocenters. The van der Waals surface area contributed by atoms with E-state index in [0.29, 0.717) is 28.8 Å². The molecule has 1 atom stereocenters. The van der Waals surface area contributed by atoms with Gasteiger partial charge in [0.25, 0.3) is 5.91 Å². The summed E-state index contributed by atoms with van der Waals surface area (Å²) < 4.78 is 5.56. The van der Waals surface area contributed by atoms with Crippen LogP contribution in [0.4, 0.5) is 0 Å². The van der Waals surface area contributed by atoms with E-state index in [2.05, 4.69) is 0 Å². The molecule has 0 bridgehead atoms. The number of likely N-dealkylation sites (N-methyl/N-ethyl adjacent to an activating group) is 1. The van der Waals surface area contributed by atoms with Crippen LogP contribution in [0.3, 0.4) is 0 Å². The van der Waals surface area contributed by atoms with Crippen LogP contribution < -0.4 is 4.74 Å². The molecule has 1 aliphatic rings. The highest BCUT2D eigenvalue weighted by Gasteiger charge is 2.31. The van der Waals surface area contributed by atoms with Gasteiger partial charge in [0.15, 0.2) is 6.10 Å². The molecule has 1 fully saturated rings. The molecule has 16 heavy (non-hydrogen) atoms. The predicted molar refractivity (Wildman–Crippen MR) is 63.1 cm³/mol. The highest BCUT2D eigenvalue weighted by atomic mass is 35.5. The summed E-state index contributed by atoms with van der Waals surface area (Å²) in [6, 6.07) is 4.96. The maximum atomic E-state index is 11.6. The van der Waals surface area contributed by atoms with Gasteiger partial charge in [-0.05, 0) is 12.1 Å². The summed E-state index contributed by atoms with van der Waals surface area (Å²) >= 11 is 11.8. The molecule has 5 heteroatoms. The standard InChI is InChI=1S/C11H11Cl2NO2/c1-14-5-4-9(11(14)15)16-10-6-7(12)2-3-8(10)13/h2-3,6,9H,4-5H2,1H3. The van der Waals surface area contributed by atoms with Gasteiger partial charge in [0, 0.05) is 31.1 Å². The van der Waals surface area contributed by atoms with Crippen molar-refractivity contribution >= 4 is 29.1 Å². The molecule has 0 saturated carbocycles. The Labute approximate surface area is 104 Å². The molecule has 3 nitrogen and oxygen atoms in total. The van der Waals surface area contributed by atoms with Crippen molar-refractivity contribution in [2.24, 2.45) is 0 Å². The number of likely N-dealkylation sites (tertiary alicyclic amines) is 1. The van der Waals surface area contributed by atoms with E-state index in [1.54, 1.807) is 30.1 Å². The first-order chi connectivity index (χ1) is 7.58. The maximum absolute atomic E-state index is 11.6. The third-order valence-corrected chi connectivity index (χ3v) is 3.09. The summed E-state index contributed by atoms with van der Waals surface area (Å²) in [5.74, 6) is 0.443. The smallest absolute Gasteiger partial charge is 0.263 e. The monoisotopic (exact) mass is 259 g/mol. The molecule has 0 aromatic heterocycles. The van der Waals surface area contributed by atoms with E-state index < -0.39 is 6.10 Å². The Balaban J connectivity index is 2.15. The molecule has 0 N–H and O–H groups in total. The van der Waals surface area contributed by atoms with Crippen LogP contribution in [0.25, 0.3) is 0 Å². The van der Waals surface area contributed by atoms with E-state index >= 15 is 0 Å². The number of nitrogens with zero attached hydrogens (tertiary/aromatic N) is 1. The Bertz CT molecular complexity index is 422. The van der Waals surface area contributed by atoms with E-state index in [1.807, 2.05) is 0 Å². The minimum atomic E-state index is -0.444. The number of hydrogen-bond donors (Lipinski definition) is 0. The van der Waals surface area contributed by atoms with Crippen LogP contribution in [-0.2, 0) is 4.79 Å². The first-order valence-electron chi connectivity index (χ1n) is 4.94. The van der Waals surface area contributed by atoms with Gasteiger partial charge >= 0.3 is 0 Å². The number of rotatable bonds is 2. The molecule has 1 heterocycles. The van der Waals surface area contributed by atoms with Crippen molar-refractivity contribution in [3.8, 4) is 5.75 Å². The average molecular weight is 260 g/mol. The van der Waals surface area contributed by atoms with Gasteiger partial charge in [-0.25, -0.2) is 0 Å². The van der Waals surface area contributed by atoms with Gasteiger partial charge in [-0.2, -0.15) is 0 Å². The van der Waals surface area contributed by atoms with Crippen molar-refractivity contribution in [3.63, 3.8) is 0 Å². The van der Waals surface area contributed by atoms with Crippen LogP contribution in [0, 0.1) is 0 Å². The summed E-state index contributed by atoms with van der Waals surface area (Å²) in [6.45, 7) is 0.710. The van der Waals surface area contributed by atoms with Crippen molar-refractivity contribution in [2.45, 2.75) is 12.5 Å². The van der Waals surface area contributed by atoms with E-state index in [-0.39, 0.29) is 5.91 Å². The largest absolute Gasteiger partial charge is 0.479 e. The van der Waals surface area contributed by atoms with Gasteiger partial charge in [-0.3, -0.25) is 4.79 Å². The minimum Gasteiger partial charge on any atom is -0.479 e. The van der Waals surface area contributed by atoms with Crippen molar-refractivity contribution in [1.29, 1.82) is 0 Å². The second-order valence-electron chi connectivity index (χ2n) is 3.73. The maximum Gasteiger partial charge on any atom is 0.263 e. The number of carbonyl (C=O) groups is 1. The van der Waals surface area contributed by atoms with Gasteiger partial charge in [-0.1, -0.05) is 23.2 Å². The van der Waals surface area contributed by atoms with E-state index in [9.17, 15) is 4.79 Å². The zero-order valence-electron chi connectivity index (χ0n) is 8.74. The molecule has 1 amide bonds. The zero-order valence-corrected chi connectivity index (χ0v) is 10.3. The highest BCUT2D eigenvalue weighted by molar-refractivity contribution is 6.34. The summed E-state index contributed by atoms with van der Waals surface area (Å²) in [5.41, 5.74) is 0. The van der Waals surface area contributed by atoms with Gasteiger partial charge in [0.2, 0.25) is 0 Å². The fourth-order valence-corrected chi connectivity index (χ4v) is 1.94. The number of halogens is 2. The van der Waals surface area contributed by atoms with E-state index in [0.717, 1.165) is 0 Å². The highest BCUT2D eigenvalue weighted by Crippen LogP contribution is 2.30. The average Bonchev–Trinajstić information content (AvgIpc) is 2.55. The van der Waals surface area contributed by atoms with Crippen molar-refractivity contribution in [2.75, 3.05) is 13.6 Å². The van der Waals surface area contributed by atoms with Crippen molar-refractivity contribution in [1.82, 2.24) is 4.90 Å². The number of amides is 1. The van der Waals surface area contributed by atoms with Gasteiger partial charge in [0.1, 0.15) is 5.75 Å². The van der Waals surface area contributed by atoms with Crippen molar-refractivity contribution in [3.05, 3.63) is 28.2 Å². The Morgan fingerprint density at radius 1 is 1.44 bits per heavy atom. The molecular formula is C11H11Cl2NO2. The van der Waals surface area contributed by atoms with Crippen LogP contribution in [0.2, 0.25) is 10.0 Å². The van der Waals surface area contributed by atoms with Crippen LogP contribution in [0.1, 0.15) is 6.42 Å². The first-order valence-corrected chi connectivity index (χ1v) is 5.70. The fraction of sp³-hybridized carbons (Fsp3) is 0.364. The first kappa shape index (κ1) is 11.6. The number of benzene rings is 1. The zero-order chi connectivity index (χ0) is 11.7. The second kappa shape index (κ2) is 4.52. The lowest BCUT2D eigenvalue weighted by molar-refractivity contribution is -0.132. The molecular weight excluding hydrogens is 249 g/mol. The van der Waals surface area contributed by atoms with Crippen LogP contribution in [0.5, 0.6) is 5.75 Å². The molecule has 1 aliphatic heterocycles. The topological polar surface area (TPSA) is 29.5 Å². The molecule has 1 aromatic rings. The molecule has 0 spiro atoms. The molecule has 1 aromatic carbocycles. The molecule has 0 aliphatic carbocycles. The van der Waals surface area contributed by atoms with E-state index in [1.165, 1.54) is 0 Å². The lowest BCUT2D eigenvalue weighted by Crippen LogP contribution is -2.29. The summed E-state index contributed by atoms with van der Waals surface area (Å²) in [6.07, 6.45) is 0.235. The lowest BCUT2D eigenvalue weighted by atomic mass is 10.3. The SMILES string of the molecule is CN1CCC(Oc2cc(Cl)ccc2Cl)C1=O. The molecule has 86 valence electrons. The van der Waals surface area contributed by atoms with Gasteiger partial charge in [-0.15, -0.1) is 0 Å². The molecule has 0 radical (unpaired) electrons.